The summed E-state index contributed by atoms with van der Waals surface area (Å²) >= 11 is 1.88. The minimum atomic E-state index is 1.14. The standard InChI is InChI=1S/C40H25NS/c1-2-12-29(13-3-1)41(30-21-23-37-35(25-30)40-32-15-7-5-11-27(32)20-22-38(40)42-37)36-24-28-19-18-26-10-4-6-14-31(26)39(28)34-17-9-8-16-33(34)36/h1-25H. The first-order valence-corrected chi connectivity index (χ1v) is 15.2. The topological polar surface area (TPSA) is 3.24 Å². The van der Waals surface area contributed by atoms with Crippen LogP contribution < -0.4 is 4.90 Å². The van der Waals surface area contributed by atoms with Crippen LogP contribution in [0.2, 0.25) is 0 Å². The van der Waals surface area contributed by atoms with Crippen LogP contribution in [0.5, 0.6) is 0 Å². The molecule has 0 saturated heterocycles. The third kappa shape index (κ3) is 3.49. The molecule has 8 aromatic carbocycles. The average molecular weight is 552 g/mol. The molecular weight excluding hydrogens is 527 g/mol. The van der Waals surface area contributed by atoms with Crippen LogP contribution in [-0.2, 0) is 0 Å². The lowest BCUT2D eigenvalue weighted by Crippen LogP contribution is -2.10. The van der Waals surface area contributed by atoms with Gasteiger partial charge >= 0.3 is 0 Å². The zero-order valence-corrected chi connectivity index (χ0v) is 23.6. The van der Waals surface area contributed by atoms with E-state index in [4.69, 9.17) is 0 Å². The molecule has 0 aliphatic carbocycles. The van der Waals surface area contributed by atoms with Gasteiger partial charge in [-0.1, -0.05) is 109 Å². The van der Waals surface area contributed by atoms with Gasteiger partial charge in [0.2, 0.25) is 0 Å². The highest BCUT2D eigenvalue weighted by atomic mass is 32.1. The highest BCUT2D eigenvalue weighted by molar-refractivity contribution is 7.26. The van der Waals surface area contributed by atoms with Crippen LogP contribution in [-0.4, -0.2) is 0 Å². The minimum absolute atomic E-state index is 1.14. The highest BCUT2D eigenvalue weighted by Gasteiger charge is 2.19. The largest absolute Gasteiger partial charge is 0.310 e. The molecular formula is C40H25NS. The van der Waals surface area contributed by atoms with Crippen molar-refractivity contribution in [2.24, 2.45) is 0 Å². The lowest BCUT2D eigenvalue weighted by molar-refractivity contribution is 1.31. The second kappa shape index (κ2) is 9.17. The van der Waals surface area contributed by atoms with Crippen molar-refractivity contribution < 1.29 is 0 Å². The number of para-hydroxylation sites is 1. The molecule has 0 aliphatic heterocycles. The summed E-state index contributed by atoms with van der Waals surface area (Å²) in [6, 6.07) is 55.5. The van der Waals surface area contributed by atoms with E-state index >= 15 is 0 Å². The number of hydrogen-bond acceptors (Lipinski definition) is 2. The van der Waals surface area contributed by atoms with Crippen LogP contribution in [0.4, 0.5) is 17.1 Å². The quantitative estimate of drug-likeness (QED) is 0.197. The number of benzene rings is 8. The fourth-order valence-corrected chi connectivity index (χ4v) is 7.82. The summed E-state index contributed by atoms with van der Waals surface area (Å²) < 4.78 is 2.64. The molecule has 2 heteroatoms. The van der Waals surface area contributed by atoms with E-state index in [0.29, 0.717) is 0 Å². The van der Waals surface area contributed by atoms with Crippen LogP contribution in [0.3, 0.4) is 0 Å². The summed E-state index contributed by atoms with van der Waals surface area (Å²) in [4.78, 5) is 2.44. The van der Waals surface area contributed by atoms with Crippen molar-refractivity contribution in [3.05, 3.63) is 152 Å². The van der Waals surface area contributed by atoms with Crippen LogP contribution >= 0.6 is 11.3 Å². The van der Waals surface area contributed by atoms with E-state index in [9.17, 15) is 0 Å². The molecule has 0 bridgehead atoms. The maximum atomic E-state index is 2.44. The molecule has 196 valence electrons. The second-order valence-electron chi connectivity index (χ2n) is 10.9. The van der Waals surface area contributed by atoms with Gasteiger partial charge in [0.25, 0.3) is 0 Å². The zero-order chi connectivity index (χ0) is 27.6. The van der Waals surface area contributed by atoms with E-state index < -0.39 is 0 Å². The van der Waals surface area contributed by atoms with Crippen LogP contribution in [0.15, 0.2) is 152 Å². The summed E-state index contributed by atoms with van der Waals surface area (Å²) in [7, 11) is 0. The Morgan fingerprint density at radius 1 is 0.357 bits per heavy atom. The molecule has 0 saturated carbocycles. The van der Waals surface area contributed by atoms with Crippen molar-refractivity contribution in [2.45, 2.75) is 0 Å². The number of fused-ring (bicyclic) bond motifs is 10. The number of rotatable bonds is 3. The number of thiophene rings is 1. The van der Waals surface area contributed by atoms with Gasteiger partial charge in [0.1, 0.15) is 0 Å². The van der Waals surface area contributed by atoms with Gasteiger partial charge in [0, 0.05) is 36.9 Å². The van der Waals surface area contributed by atoms with Gasteiger partial charge in [-0.3, -0.25) is 0 Å². The summed E-state index contributed by atoms with van der Waals surface area (Å²) in [5.41, 5.74) is 3.49. The maximum absolute atomic E-state index is 2.44. The molecule has 0 atom stereocenters. The Bertz CT molecular complexity index is 2470. The lowest BCUT2D eigenvalue weighted by Gasteiger charge is -2.28. The summed E-state index contributed by atoms with van der Waals surface area (Å²) in [6.07, 6.45) is 0. The predicted octanol–water partition coefficient (Wildman–Crippen LogP) is 12.1. The molecule has 0 N–H and O–H groups in total. The van der Waals surface area contributed by atoms with Gasteiger partial charge in [-0.05, 0) is 80.2 Å². The van der Waals surface area contributed by atoms with Gasteiger partial charge in [0.05, 0.1) is 5.69 Å². The van der Waals surface area contributed by atoms with Crippen molar-refractivity contribution in [2.75, 3.05) is 4.90 Å². The van der Waals surface area contributed by atoms with Crippen LogP contribution in [0.1, 0.15) is 0 Å². The average Bonchev–Trinajstić information content (AvgIpc) is 3.44. The Hall–Kier alpha value is -5.18. The molecule has 1 heterocycles. The van der Waals surface area contributed by atoms with E-state index in [1.165, 1.54) is 68.9 Å². The number of hydrogen-bond donors (Lipinski definition) is 0. The van der Waals surface area contributed by atoms with E-state index in [2.05, 4.69) is 157 Å². The van der Waals surface area contributed by atoms with Gasteiger partial charge < -0.3 is 4.90 Å². The fraction of sp³-hybridized carbons (Fsp3) is 0. The van der Waals surface area contributed by atoms with Crippen molar-refractivity contribution >= 4 is 91.7 Å². The van der Waals surface area contributed by atoms with Crippen molar-refractivity contribution in [1.29, 1.82) is 0 Å². The monoisotopic (exact) mass is 551 g/mol. The zero-order valence-electron chi connectivity index (χ0n) is 22.8. The molecule has 0 aliphatic rings. The third-order valence-corrected chi connectivity index (χ3v) is 9.72. The fourth-order valence-electron chi connectivity index (χ4n) is 6.72. The van der Waals surface area contributed by atoms with Gasteiger partial charge in [-0.2, -0.15) is 0 Å². The Balaban J connectivity index is 1.38. The SMILES string of the molecule is c1ccc(N(c2ccc3sc4ccc5ccccc5c4c3c2)c2cc3ccc4ccccc4c3c3ccccc23)cc1. The molecule has 1 nitrogen and oxygen atoms in total. The lowest BCUT2D eigenvalue weighted by atomic mass is 9.94. The first-order valence-electron chi connectivity index (χ1n) is 14.4. The predicted molar refractivity (Wildman–Crippen MR) is 184 cm³/mol. The van der Waals surface area contributed by atoms with Crippen molar-refractivity contribution in [3.63, 3.8) is 0 Å². The molecule has 1 aromatic heterocycles. The van der Waals surface area contributed by atoms with E-state index in [-0.39, 0.29) is 0 Å². The molecule has 9 aromatic rings. The molecule has 42 heavy (non-hydrogen) atoms. The third-order valence-electron chi connectivity index (χ3n) is 8.58. The van der Waals surface area contributed by atoms with Crippen LogP contribution in [0.25, 0.3) is 63.3 Å². The van der Waals surface area contributed by atoms with Gasteiger partial charge in [-0.25, -0.2) is 0 Å². The maximum Gasteiger partial charge on any atom is 0.0546 e. The normalized spacial score (nSPS) is 11.8. The van der Waals surface area contributed by atoms with E-state index in [1.807, 2.05) is 11.3 Å². The molecule has 0 unspecified atom stereocenters. The van der Waals surface area contributed by atoms with E-state index in [0.717, 1.165) is 11.4 Å². The highest BCUT2D eigenvalue weighted by Crippen LogP contribution is 2.46. The van der Waals surface area contributed by atoms with Gasteiger partial charge in [-0.15, -0.1) is 11.3 Å². The Morgan fingerprint density at radius 3 is 1.74 bits per heavy atom. The smallest absolute Gasteiger partial charge is 0.0546 e. The number of nitrogens with zero attached hydrogens (tertiary/aromatic N) is 1. The first kappa shape index (κ1) is 23.5. The molecule has 9 rings (SSSR count). The second-order valence-corrected chi connectivity index (χ2v) is 12.0. The first-order chi connectivity index (χ1) is 20.8. The van der Waals surface area contributed by atoms with Crippen molar-refractivity contribution in [1.82, 2.24) is 0 Å². The summed E-state index contributed by atoms with van der Waals surface area (Å²) in [6.45, 7) is 0. The molecule has 0 radical (unpaired) electrons. The van der Waals surface area contributed by atoms with Gasteiger partial charge in [0.15, 0.2) is 0 Å². The van der Waals surface area contributed by atoms with Crippen molar-refractivity contribution in [3.8, 4) is 0 Å². The molecule has 0 spiro atoms. The molecule has 0 amide bonds. The molecule has 0 fully saturated rings. The number of anilines is 3. The Labute approximate surface area is 247 Å². The van der Waals surface area contributed by atoms with E-state index in [1.54, 1.807) is 0 Å². The summed E-state index contributed by atoms with van der Waals surface area (Å²) in [5.74, 6) is 0. The Kier molecular flexibility index (Phi) is 5.13. The van der Waals surface area contributed by atoms with Crippen LogP contribution in [0, 0.1) is 0 Å². The minimum Gasteiger partial charge on any atom is -0.310 e. The Morgan fingerprint density at radius 2 is 0.952 bits per heavy atom. The summed E-state index contributed by atoms with van der Waals surface area (Å²) in [5, 5.41) is 12.9.